The Morgan fingerprint density at radius 3 is 2.81 bits per heavy atom. The number of allylic oxidation sites excluding steroid dienone is 1. The topological polar surface area (TPSA) is 97.0 Å². The normalized spacial score (nSPS) is 15.7. The minimum atomic E-state index is -0.736. The molecule has 1 aliphatic heterocycles. The van der Waals surface area contributed by atoms with Crippen LogP contribution in [0.25, 0.3) is 11.3 Å². The Balaban J connectivity index is 1.97. The van der Waals surface area contributed by atoms with Gasteiger partial charge in [-0.15, -0.1) is 5.10 Å². The molecule has 2 heterocycles. The second kappa shape index (κ2) is 6.50. The lowest BCUT2D eigenvalue weighted by molar-refractivity contribution is 0.378. The van der Waals surface area contributed by atoms with Crippen molar-refractivity contribution in [1.29, 1.82) is 5.26 Å². The number of hydrogen-bond donors (Lipinski definition) is 2. The molecule has 2 aromatic carbocycles. The fourth-order valence-electron chi connectivity index (χ4n) is 3.26. The van der Waals surface area contributed by atoms with E-state index in [1.54, 1.807) is 25.3 Å². The Hall–Kier alpha value is -3.79. The lowest BCUT2D eigenvalue weighted by Crippen LogP contribution is -2.21. The summed E-state index contributed by atoms with van der Waals surface area (Å²) in [5.74, 6) is -0.376. The minimum absolute atomic E-state index is 0.0815. The Morgan fingerprint density at radius 1 is 1.26 bits per heavy atom. The summed E-state index contributed by atoms with van der Waals surface area (Å²) < 4.78 is 25.4. The molecular formula is C20H15FN4O2. The van der Waals surface area contributed by atoms with E-state index in [0.717, 1.165) is 5.56 Å². The third-order valence-electron chi connectivity index (χ3n) is 4.51. The quantitative estimate of drug-likeness (QED) is 0.744. The molecule has 0 bridgehead atoms. The lowest BCUT2D eigenvalue weighted by Gasteiger charge is -2.24. The van der Waals surface area contributed by atoms with Gasteiger partial charge in [-0.3, -0.25) is 5.10 Å². The van der Waals surface area contributed by atoms with Gasteiger partial charge in [0.15, 0.2) is 0 Å². The van der Waals surface area contributed by atoms with Gasteiger partial charge >= 0.3 is 0 Å². The van der Waals surface area contributed by atoms with Crippen LogP contribution in [0.5, 0.6) is 11.6 Å². The molecule has 0 spiro atoms. The number of ether oxygens (including phenoxy) is 2. The van der Waals surface area contributed by atoms with Crippen LogP contribution in [0.2, 0.25) is 0 Å². The zero-order valence-corrected chi connectivity index (χ0v) is 14.4. The summed E-state index contributed by atoms with van der Waals surface area (Å²) in [5.41, 5.74) is 8.31. The highest BCUT2D eigenvalue weighted by atomic mass is 19.1. The van der Waals surface area contributed by atoms with Crippen LogP contribution in [0.15, 0.2) is 60.0 Å². The van der Waals surface area contributed by atoms with Crippen LogP contribution in [0, 0.1) is 17.1 Å². The van der Waals surface area contributed by atoms with E-state index in [9.17, 15) is 9.65 Å². The van der Waals surface area contributed by atoms with Crippen molar-refractivity contribution >= 4 is 0 Å². The van der Waals surface area contributed by atoms with Gasteiger partial charge in [-0.05, 0) is 18.2 Å². The number of aromatic amines is 1. The predicted octanol–water partition coefficient (Wildman–Crippen LogP) is 3.44. The van der Waals surface area contributed by atoms with Crippen LogP contribution in [0.3, 0.4) is 0 Å². The summed E-state index contributed by atoms with van der Waals surface area (Å²) in [6.45, 7) is 0. The first-order chi connectivity index (χ1) is 13.1. The van der Waals surface area contributed by atoms with Crippen molar-refractivity contribution in [2.45, 2.75) is 5.92 Å². The molecule has 0 saturated carbocycles. The molecule has 0 radical (unpaired) electrons. The summed E-state index contributed by atoms with van der Waals surface area (Å²) in [4.78, 5) is 0. The van der Waals surface area contributed by atoms with Crippen molar-refractivity contribution in [2.24, 2.45) is 5.73 Å². The van der Waals surface area contributed by atoms with Gasteiger partial charge in [-0.1, -0.05) is 30.3 Å². The fourth-order valence-corrected chi connectivity index (χ4v) is 3.26. The van der Waals surface area contributed by atoms with Gasteiger partial charge in [0.05, 0.1) is 24.3 Å². The molecule has 3 aromatic rings. The standard InChI is InChI=1S/C20H15FN4O2/c1-26-12-6-4-5-11(9-12)18-17-16(13-7-2-3-8-15(13)21)14(10-22)19(23)27-20(17)25-24-18/h2-9,16H,23H2,1H3,(H,24,25). The summed E-state index contributed by atoms with van der Waals surface area (Å²) in [6.07, 6.45) is 0. The molecule has 3 N–H and O–H groups in total. The summed E-state index contributed by atoms with van der Waals surface area (Å²) in [5, 5.41) is 16.8. The number of aromatic nitrogens is 2. The maximum atomic E-state index is 14.6. The van der Waals surface area contributed by atoms with E-state index in [0.29, 0.717) is 22.6 Å². The third kappa shape index (κ3) is 2.68. The SMILES string of the molecule is COc1cccc(-c2[nH]nc3c2C(c2ccccc2F)C(C#N)=C(N)O3)c1. The van der Waals surface area contributed by atoms with Gasteiger partial charge in [0.25, 0.3) is 0 Å². The zero-order chi connectivity index (χ0) is 19.0. The molecule has 6 nitrogen and oxygen atoms in total. The smallest absolute Gasteiger partial charge is 0.244 e. The average molecular weight is 362 g/mol. The Morgan fingerprint density at radius 2 is 2.07 bits per heavy atom. The molecule has 1 aliphatic rings. The molecule has 134 valence electrons. The molecule has 1 unspecified atom stereocenters. The zero-order valence-electron chi connectivity index (χ0n) is 14.4. The number of nitriles is 1. The van der Waals surface area contributed by atoms with Crippen molar-refractivity contribution in [3.63, 3.8) is 0 Å². The lowest BCUT2D eigenvalue weighted by atomic mass is 9.83. The second-order valence-corrected chi connectivity index (χ2v) is 6.00. The van der Waals surface area contributed by atoms with Crippen molar-refractivity contribution < 1.29 is 13.9 Å². The monoisotopic (exact) mass is 362 g/mol. The summed E-state index contributed by atoms with van der Waals surface area (Å²) in [6, 6.07) is 15.7. The average Bonchev–Trinajstić information content (AvgIpc) is 3.11. The number of nitrogens with one attached hydrogen (secondary N) is 1. The van der Waals surface area contributed by atoms with Crippen molar-refractivity contribution in [3.8, 4) is 29.0 Å². The van der Waals surface area contributed by atoms with Gasteiger partial charge in [-0.2, -0.15) is 5.26 Å². The Kier molecular flexibility index (Phi) is 4.01. The van der Waals surface area contributed by atoms with Gasteiger partial charge in [0.2, 0.25) is 11.8 Å². The number of H-pyrrole nitrogens is 1. The van der Waals surface area contributed by atoms with Crippen LogP contribution in [0.4, 0.5) is 4.39 Å². The molecule has 1 atom stereocenters. The molecule has 7 heteroatoms. The molecule has 0 saturated heterocycles. The summed E-state index contributed by atoms with van der Waals surface area (Å²) >= 11 is 0. The number of rotatable bonds is 3. The maximum absolute atomic E-state index is 14.6. The number of methoxy groups -OCH3 is 1. The largest absolute Gasteiger partial charge is 0.497 e. The third-order valence-corrected chi connectivity index (χ3v) is 4.51. The highest BCUT2D eigenvalue weighted by molar-refractivity contribution is 5.71. The van der Waals surface area contributed by atoms with Crippen molar-refractivity contribution in [3.05, 3.63) is 76.9 Å². The van der Waals surface area contributed by atoms with E-state index < -0.39 is 11.7 Å². The molecule has 4 rings (SSSR count). The van der Waals surface area contributed by atoms with E-state index >= 15 is 0 Å². The van der Waals surface area contributed by atoms with Crippen LogP contribution in [-0.4, -0.2) is 17.3 Å². The number of nitrogens with zero attached hydrogens (tertiary/aromatic N) is 2. The molecule has 0 aliphatic carbocycles. The van der Waals surface area contributed by atoms with Crippen molar-refractivity contribution in [1.82, 2.24) is 10.2 Å². The van der Waals surface area contributed by atoms with Gasteiger partial charge in [0, 0.05) is 11.1 Å². The van der Waals surface area contributed by atoms with Crippen LogP contribution < -0.4 is 15.2 Å². The fraction of sp³-hybridized carbons (Fsp3) is 0.100. The first kappa shape index (κ1) is 16.7. The number of fused-ring (bicyclic) bond motifs is 1. The molecular weight excluding hydrogens is 347 g/mol. The Bertz CT molecular complexity index is 1100. The van der Waals surface area contributed by atoms with Crippen LogP contribution in [0.1, 0.15) is 17.0 Å². The first-order valence-electron chi connectivity index (χ1n) is 8.18. The number of hydrogen-bond acceptors (Lipinski definition) is 5. The van der Waals surface area contributed by atoms with Gasteiger partial charge < -0.3 is 15.2 Å². The van der Waals surface area contributed by atoms with Gasteiger partial charge in [0.1, 0.15) is 23.2 Å². The number of benzene rings is 2. The van der Waals surface area contributed by atoms with E-state index in [4.69, 9.17) is 15.2 Å². The molecule has 0 fully saturated rings. The van der Waals surface area contributed by atoms with Gasteiger partial charge in [-0.25, -0.2) is 4.39 Å². The van der Waals surface area contributed by atoms with Crippen LogP contribution in [-0.2, 0) is 0 Å². The minimum Gasteiger partial charge on any atom is -0.497 e. The highest BCUT2D eigenvalue weighted by Crippen LogP contribution is 2.46. The maximum Gasteiger partial charge on any atom is 0.244 e. The van der Waals surface area contributed by atoms with Crippen molar-refractivity contribution in [2.75, 3.05) is 7.11 Å². The van der Waals surface area contributed by atoms with E-state index in [-0.39, 0.29) is 17.3 Å². The highest BCUT2D eigenvalue weighted by Gasteiger charge is 2.36. The molecule has 0 amide bonds. The van der Waals surface area contributed by atoms with E-state index in [1.807, 2.05) is 24.3 Å². The first-order valence-corrected chi connectivity index (χ1v) is 8.18. The number of nitrogens with two attached hydrogens (primary N) is 1. The number of halogens is 1. The predicted molar refractivity (Wildman–Crippen MR) is 96.3 cm³/mol. The molecule has 27 heavy (non-hydrogen) atoms. The van der Waals surface area contributed by atoms with E-state index in [2.05, 4.69) is 16.3 Å². The molecule has 1 aromatic heterocycles. The Labute approximate surface area is 154 Å². The summed E-state index contributed by atoms with van der Waals surface area (Å²) in [7, 11) is 1.57. The second-order valence-electron chi connectivity index (χ2n) is 6.00. The van der Waals surface area contributed by atoms with Crippen LogP contribution >= 0.6 is 0 Å². The van der Waals surface area contributed by atoms with E-state index in [1.165, 1.54) is 6.07 Å².